The summed E-state index contributed by atoms with van der Waals surface area (Å²) in [6, 6.07) is 0. The number of hydrogen-bond acceptors (Lipinski definition) is 2. The largest absolute Gasteiger partial charge is 0.463 e. The van der Waals surface area contributed by atoms with E-state index in [1.165, 1.54) is 19.3 Å². The molecule has 0 radical (unpaired) electrons. The number of carbonyl (C=O) groups excluding carboxylic acids is 1. The van der Waals surface area contributed by atoms with Gasteiger partial charge >= 0.3 is 5.97 Å². The van der Waals surface area contributed by atoms with Gasteiger partial charge in [-0.15, -0.1) is 0 Å². The van der Waals surface area contributed by atoms with Gasteiger partial charge in [-0.2, -0.15) is 0 Å². The van der Waals surface area contributed by atoms with Crippen LogP contribution in [0.3, 0.4) is 0 Å². The summed E-state index contributed by atoms with van der Waals surface area (Å²) in [6.07, 6.45) is 5.97. The van der Waals surface area contributed by atoms with Crippen LogP contribution in [0.1, 0.15) is 39.0 Å². The van der Waals surface area contributed by atoms with E-state index in [0.717, 1.165) is 12.8 Å². The van der Waals surface area contributed by atoms with Gasteiger partial charge < -0.3 is 4.74 Å². The van der Waals surface area contributed by atoms with Crippen LogP contribution in [0.25, 0.3) is 0 Å². The van der Waals surface area contributed by atoms with E-state index in [9.17, 15) is 4.79 Å². The van der Waals surface area contributed by atoms with Gasteiger partial charge in [0.1, 0.15) is 0 Å². The predicted octanol–water partition coefficient (Wildman–Crippen LogP) is 2.69. The van der Waals surface area contributed by atoms with E-state index in [1.807, 2.05) is 6.92 Å². The van der Waals surface area contributed by atoms with E-state index in [-0.39, 0.29) is 5.97 Å². The molecule has 0 bridgehead atoms. The van der Waals surface area contributed by atoms with Crippen molar-refractivity contribution in [2.75, 3.05) is 6.61 Å². The van der Waals surface area contributed by atoms with Crippen LogP contribution in [-0.2, 0) is 9.53 Å². The SMILES string of the molecule is C=C(C(=O)OCC)C1CCCCC1. The minimum Gasteiger partial charge on any atom is -0.463 e. The summed E-state index contributed by atoms with van der Waals surface area (Å²) in [5, 5.41) is 0. The minimum atomic E-state index is -0.200. The van der Waals surface area contributed by atoms with Crippen LogP contribution in [-0.4, -0.2) is 12.6 Å². The summed E-state index contributed by atoms with van der Waals surface area (Å²) < 4.78 is 4.92. The first-order valence-electron chi connectivity index (χ1n) is 5.11. The molecule has 0 spiro atoms. The third-order valence-electron chi connectivity index (χ3n) is 2.64. The second-order valence-corrected chi connectivity index (χ2v) is 3.58. The van der Waals surface area contributed by atoms with Gasteiger partial charge in [0.25, 0.3) is 0 Å². The zero-order valence-corrected chi connectivity index (χ0v) is 8.34. The minimum absolute atomic E-state index is 0.200. The Morgan fingerprint density at radius 2 is 2.00 bits per heavy atom. The highest BCUT2D eigenvalue weighted by molar-refractivity contribution is 5.88. The van der Waals surface area contributed by atoms with Crippen LogP contribution in [0.2, 0.25) is 0 Å². The summed E-state index contributed by atoms with van der Waals surface area (Å²) in [7, 11) is 0. The monoisotopic (exact) mass is 182 g/mol. The smallest absolute Gasteiger partial charge is 0.333 e. The van der Waals surface area contributed by atoms with Crippen LogP contribution >= 0.6 is 0 Å². The Balaban J connectivity index is 2.40. The van der Waals surface area contributed by atoms with Crippen molar-refractivity contribution in [1.82, 2.24) is 0 Å². The average molecular weight is 182 g/mol. The van der Waals surface area contributed by atoms with Crippen LogP contribution < -0.4 is 0 Å². The van der Waals surface area contributed by atoms with E-state index in [2.05, 4.69) is 6.58 Å². The van der Waals surface area contributed by atoms with Gasteiger partial charge in [0.15, 0.2) is 0 Å². The molecule has 1 aliphatic carbocycles. The van der Waals surface area contributed by atoms with E-state index >= 15 is 0 Å². The van der Waals surface area contributed by atoms with Crippen LogP contribution in [0.15, 0.2) is 12.2 Å². The highest BCUT2D eigenvalue weighted by Gasteiger charge is 2.21. The van der Waals surface area contributed by atoms with Crippen molar-refractivity contribution in [3.63, 3.8) is 0 Å². The molecule has 1 rings (SSSR count). The quantitative estimate of drug-likeness (QED) is 0.495. The Morgan fingerprint density at radius 1 is 1.38 bits per heavy atom. The van der Waals surface area contributed by atoms with Crippen molar-refractivity contribution in [3.8, 4) is 0 Å². The third kappa shape index (κ3) is 2.87. The fourth-order valence-electron chi connectivity index (χ4n) is 1.84. The Kier molecular flexibility index (Phi) is 4.00. The molecule has 0 aromatic carbocycles. The molecule has 0 N–H and O–H groups in total. The Bertz CT molecular complexity index is 190. The van der Waals surface area contributed by atoms with E-state index in [4.69, 9.17) is 4.74 Å². The van der Waals surface area contributed by atoms with Gasteiger partial charge in [0.05, 0.1) is 6.61 Å². The second kappa shape index (κ2) is 5.05. The molecule has 0 aromatic rings. The van der Waals surface area contributed by atoms with E-state index < -0.39 is 0 Å². The van der Waals surface area contributed by atoms with Gasteiger partial charge in [-0.3, -0.25) is 0 Å². The van der Waals surface area contributed by atoms with Gasteiger partial charge in [0.2, 0.25) is 0 Å². The van der Waals surface area contributed by atoms with Crippen LogP contribution in [0, 0.1) is 5.92 Å². The van der Waals surface area contributed by atoms with Crippen LogP contribution in [0.5, 0.6) is 0 Å². The maximum absolute atomic E-state index is 11.3. The van der Waals surface area contributed by atoms with Crippen molar-refractivity contribution >= 4 is 5.97 Å². The van der Waals surface area contributed by atoms with Crippen molar-refractivity contribution in [2.45, 2.75) is 39.0 Å². The third-order valence-corrected chi connectivity index (χ3v) is 2.64. The lowest BCUT2D eigenvalue weighted by atomic mass is 9.84. The molecule has 0 atom stereocenters. The Labute approximate surface area is 80.0 Å². The molecule has 1 fully saturated rings. The molecular formula is C11H18O2. The molecule has 0 saturated heterocycles. The summed E-state index contributed by atoms with van der Waals surface area (Å²) in [4.78, 5) is 11.3. The predicted molar refractivity (Wildman–Crippen MR) is 52.3 cm³/mol. The summed E-state index contributed by atoms with van der Waals surface area (Å²) in [5.41, 5.74) is 0.682. The van der Waals surface area contributed by atoms with Crippen molar-refractivity contribution < 1.29 is 9.53 Å². The number of esters is 1. The summed E-state index contributed by atoms with van der Waals surface area (Å²) in [6.45, 7) is 6.10. The standard InChI is InChI=1S/C11H18O2/c1-3-13-11(12)9(2)10-7-5-4-6-8-10/h10H,2-8H2,1H3. The van der Waals surface area contributed by atoms with Gasteiger partial charge in [-0.05, 0) is 25.7 Å². The molecule has 0 amide bonds. The normalized spacial score (nSPS) is 18.2. The van der Waals surface area contributed by atoms with Crippen molar-refractivity contribution in [1.29, 1.82) is 0 Å². The topological polar surface area (TPSA) is 26.3 Å². The second-order valence-electron chi connectivity index (χ2n) is 3.58. The first-order chi connectivity index (χ1) is 6.25. The molecule has 2 heteroatoms. The van der Waals surface area contributed by atoms with E-state index in [1.54, 1.807) is 0 Å². The zero-order valence-electron chi connectivity index (χ0n) is 8.34. The molecule has 1 saturated carbocycles. The van der Waals surface area contributed by atoms with Gasteiger partial charge in [0, 0.05) is 5.57 Å². The lowest BCUT2D eigenvalue weighted by molar-refractivity contribution is -0.139. The Morgan fingerprint density at radius 3 is 2.54 bits per heavy atom. The maximum Gasteiger partial charge on any atom is 0.333 e. The van der Waals surface area contributed by atoms with Gasteiger partial charge in [-0.1, -0.05) is 25.8 Å². The van der Waals surface area contributed by atoms with Crippen molar-refractivity contribution in [2.24, 2.45) is 5.92 Å². The fraction of sp³-hybridized carbons (Fsp3) is 0.727. The molecule has 13 heavy (non-hydrogen) atoms. The van der Waals surface area contributed by atoms with E-state index in [0.29, 0.717) is 18.1 Å². The molecule has 74 valence electrons. The lowest BCUT2D eigenvalue weighted by Crippen LogP contribution is -2.17. The molecule has 2 nitrogen and oxygen atoms in total. The average Bonchev–Trinajstić information content (AvgIpc) is 2.18. The highest BCUT2D eigenvalue weighted by atomic mass is 16.5. The highest BCUT2D eigenvalue weighted by Crippen LogP contribution is 2.29. The maximum atomic E-state index is 11.3. The fourth-order valence-corrected chi connectivity index (χ4v) is 1.84. The molecule has 0 unspecified atom stereocenters. The summed E-state index contributed by atoms with van der Waals surface area (Å²) >= 11 is 0. The zero-order chi connectivity index (χ0) is 9.68. The van der Waals surface area contributed by atoms with Crippen LogP contribution in [0.4, 0.5) is 0 Å². The first kappa shape index (κ1) is 10.3. The summed E-state index contributed by atoms with van der Waals surface area (Å²) in [5.74, 6) is 0.183. The molecule has 0 aliphatic heterocycles. The number of ether oxygens (including phenoxy) is 1. The van der Waals surface area contributed by atoms with Gasteiger partial charge in [-0.25, -0.2) is 4.79 Å². The molecule has 1 aliphatic rings. The number of carbonyl (C=O) groups is 1. The number of hydrogen-bond donors (Lipinski definition) is 0. The van der Waals surface area contributed by atoms with Crippen molar-refractivity contribution in [3.05, 3.63) is 12.2 Å². The Hall–Kier alpha value is -0.790. The first-order valence-corrected chi connectivity index (χ1v) is 5.11. The molecular weight excluding hydrogens is 164 g/mol. The lowest BCUT2D eigenvalue weighted by Gasteiger charge is -2.22. The molecule has 0 heterocycles. The molecule has 0 aromatic heterocycles. The number of rotatable bonds is 3.